The molecule has 0 fully saturated rings. The number of nitrogens with one attached hydrogen (secondary N) is 1. The van der Waals surface area contributed by atoms with Gasteiger partial charge in [0.05, 0.1) is 12.7 Å². The molecule has 2 atom stereocenters. The van der Waals surface area contributed by atoms with E-state index in [0.717, 1.165) is 10.9 Å². The molecule has 1 amide bonds. The van der Waals surface area contributed by atoms with E-state index in [-0.39, 0.29) is 11.9 Å². The number of carbonyl (C=O) groups is 1. The number of hydrogen-bond donors (Lipinski definition) is 1. The molecule has 0 bridgehead atoms. The Labute approximate surface area is 117 Å². The second-order valence-corrected chi connectivity index (χ2v) is 5.41. The van der Waals surface area contributed by atoms with Gasteiger partial charge in [0.15, 0.2) is 0 Å². The molecule has 0 saturated carbocycles. The third-order valence-electron chi connectivity index (χ3n) is 3.26. The summed E-state index contributed by atoms with van der Waals surface area (Å²) in [5.74, 6) is 0.945. The second-order valence-electron chi connectivity index (χ2n) is 4.49. The average Bonchev–Trinajstić information content (AvgIpc) is 2.37. The van der Waals surface area contributed by atoms with Crippen LogP contribution in [0, 0.1) is 5.92 Å². The van der Waals surface area contributed by atoms with Gasteiger partial charge in [-0.3, -0.25) is 4.79 Å². The summed E-state index contributed by atoms with van der Waals surface area (Å²) in [7, 11) is 1.57. The Kier molecular flexibility index (Phi) is 5.66. The van der Waals surface area contributed by atoms with E-state index in [0.29, 0.717) is 17.2 Å². The van der Waals surface area contributed by atoms with Crippen LogP contribution in [0.4, 0.5) is 0 Å². The average molecular weight is 314 g/mol. The molecule has 0 heterocycles. The van der Waals surface area contributed by atoms with E-state index in [1.54, 1.807) is 19.2 Å². The fourth-order valence-electron chi connectivity index (χ4n) is 1.63. The highest BCUT2D eigenvalue weighted by Gasteiger charge is 2.17. The minimum absolute atomic E-state index is 0.0906. The number of hydrogen-bond acceptors (Lipinski definition) is 2. The molecule has 0 aliphatic heterocycles. The van der Waals surface area contributed by atoms with Crippen LogP contribution in [0.3, 0.4) is 0 Å². The first kappa shape index (κ1) is 15.0. The Morgan fingerprint density at radius 3 is 2.67 bits per heavy atom. The molecule has 2 unspecified atom stereocenters. The van der Waals surface area contributed by atoms with E-state index < -0.39 is 0 Å². The van der Waals surface area contributed by atoms with Crippen molar-refractivity contribution in [1.29, 1.82) is 0 Å². The second kappa shape index (κ2) is 6.78. The predicted molar refractivity (Wildman–Crippen MR) is 77.1 cm³/mol. The third-order valence-corrected chi connectivity index (χ3v) is 3.76. The van der Waals surface area contributed by atoms with Crippen LogP contribution in [-0.2, 0) is 0 Å². The summed E-state index contributed by atoms with van der Waals surface area (Å²) >= 11 is 3.36. The van der Waals surface area contributed by atoms with Gasteiger partial charge < -0.3 is 10.1 Å². The fourth-order valence-corrected chi connectivity index (χ4v) is 1.97. The zero-order valence-electron chi connectivity index (χ0n) is 11.3. The standard InChI is InChI=1S/C14H20BrNO2/c1-5-9(2)10(3)16-14(17)12-7-6-11(15)8-13(12)18-4/h6-10H,5H2,1-4H3,(H,16,17). The summed E-state index contributed by atoms with van der Waals surface area (Å²) in [5, 5.41) is 3.01. The van der Waals surface area contributed by atoms with E-state index >= 15 is 0 Å². The Bertz CT molecular complexity index is 420. The van der Waals surface area contributed by atoms with Crippen LogP contribution in [0.5, 0.6) is 5.75 Å². The highest BCUT2D eigenvalue weighted by molar-refractivity contribution is 9.10. The van der Waals surface area contributed by atoms with Crippen LogP contribution in [-0.4, -0.2) is 19.1 Å². The number of amides is 1. The lowest BCUT2D eigenvalue weighted by Crippen LogP contribution is -2.37. The zero-order valence-corrected chi connectivity index (χ0v) is 12.9. The Hall–Kier alpha value is -1.03. The topological polar surface area (TPSA) is 38.3 Å². The minimum atomic E-state index is -0.0906. The lowest BCUT2D eigenvalue weighted by molar-refractivity contribution is 0.0925. The molecule has 1 aromatic rings. The molecule has 0 saturated heterocycles. The Morgan fingerprint density at radius 2 is 2.11 bits per heavy atom. The van der Waals surface area contributed by atoms with E-state index in [1.165, 1.54) is 0 Å². The maximum absolute atomic E-state index is 12.2. The molecular formula is C14H20BrNO2. The molecule has 0 spiro atoms. The lowest BCUT2D eigenvalue weighted by Gasteiger charge is -2.20. The van der Waals surface area contributed by atoms with Gasteiger partial charge in [0.1, 0.15) is 5.75 Å². The molecular weight excluding hydrogens is 294 g/mol. The van der Waals surface area contributed by atoms with Crippen molar-refractivity contribution in [2.45, 2.75) is 33.2 Å². The highest BCUT2D eigenvalue weighted by Crippen LogP contribution is 2.23. The van der Waals surface area contributed by atoms with Crippen molar-refractivity contribution in [1.82, 2.24) is 5.32 Å². The van der Waals surface area contributed by atoms with E-state index in [9.17, 15) is 4.79 Å². The number of ether oxygens (including phenoxy) is 1. The lowest BCUT2D eigenvalue weighted by atomic mass is 10.0. The van der Waals surface area contributed by atoms with Gasteiger partial charge in [-0.25, -0.2) is 0 Å². The molecule has 1 aromatic carbocycles. The predicted octanol–water partition coefficient (Wildman–Crippen LogP) is 3.62. The van der Waals surface area contributed by atoms with Crippen molar-refractivity contribution in [3.8, 4) is 5.75 Å². The molecule has 4 heteroatoms. The summed E-state index contributed by atoms with van der Waals surface area (Å²) in [6.07, 6.45) is 1.04. The van der Waals surface area contributed by atoms with Crippen molar-refractivity contribution >= 4 is 21.8 Å². The maximum atomic E-state index is 12.2. The number of benzene rings is 1. The monoisotopic (exact) mass is 313 g/mol. The van der Waals surface area contributed by atoms with Crippen LogP contribution in [0.2, 0.25) is 0 Å². The smallest absolute Gasteiger partial charge is 0.255 e. The first-order chi connectivity index (χ1) is 8.49. The van der Waals surface area contributed by atoms with Crippen molar-refractivity contribution in [2.75, 3.05) is 7.11 Å². The normalized spacial score (nSPS) is 13.8. The van der Waals surface area contributed by atoms with Gasteiger partial charge in [0, 0.05) is 10.5 Å². The van der Waals surface area contributed by atoms with E-state index in [2.05, 4.69) is 35.1 Å². The third kappa shape index (κ3) is 3.73. The number of methoxy groups -OCH3 is 1. The molecule has 0 aromatic heterocycles. The molecule has 3 nitrogen and oxygen atoms in total. The summed E-state index contributed by atoms with van der Waals surface area (Å²) in [4.78, 5) is 12.2. The summed E-state index contributed by atoms with van der Waals surface area (Å²) < 4.78 is 6.12. The number of rotatable bonds is 5. The van der Waals surface area contributed by atoms with Crippen LogP contribution in [0.1, 0.15) is 37.6 Å². The summed E-state index contributed by atoms with van der Waals surface area (Å²) in [6, 6.07) is 5.55. The SMILES string of the molecule is CCC(C)C(C)NC(=O)c1ccc(Br)cc1OC. The van der Waals surface area contributed by atoms with Gasteiger partial charge in [-0.15, -0.1) is 0 Å². The van der Waals surface area contributed by atoms with Crippen molar-refractivity contribution in [3.63, 3.8) is 0 Å². The molecule has 18 heavy (non-hydrogen) atoms. The van der Waals surface area contributed by atoms with Gasteiger partial charge >= 0.3 is 0 Å². The van der Waals surface area contributed by atoms with Crippen LogP contribution in [0.15, 0.2) is 22.7 Å². The van der Waals surface area contributed by atoms with Gasteiger partial charge in [-0.2, -0.15) is 0 Å². The van der Waals surface area contributed by atoms with Crippen LogP contribution >= 0.6 is 15.9 Å². The molecule has 0 aliphatic carbocycles. The van der Waals surface area contributed by atoms with E-state index in [1.807, 2.05) is 13.0 Å². The zero-order chi connectivity index (χ0) is 13.7. The Balaban J connectivity index is 2.84. The number of carbonyl (C=O) groups excluding carboxylic acids is 1. The van der Waals surface area contributed by atoms with E-state index in [4.69, 9.17) is 4.74 Å². The molecule has 0 radical (unpaired) electrons. The summed E-state index contributed by atoms with van der Waals surface area (Å²) in [5.41, 5.74) is 0.566. The number of halogens is 1. The van der Waals surface area contributed by atoms with Crippen LogP contribution < -0.4 is 10.1 Å². The van der Waals surface area contributed by atoms with Gasteiger partial charge in [0.25, 0.3) is 5.91 Å². The van der Waals surface area contributed by atoms with Crippen molar-refractivity contribution in [3.05, 3.63) is 28.2 Å². The fraction of sp³-hybridized carbons (Fsp3) is 0.500. The molecule has 0 aliphatic rings. The largest absolute Gasteiger partial charge is 0.496 e. The molecule has 1 rings (SSSR count). The molecule has 1 N–H and O–H groups in total. The maximum Gasteiger partial charge on any atom is 0.255 e. The Morgan fingerprint density at radius 1 is 1.44 bits per heavy atom. The first-order valence-corrected chi connectivity index (χ1v) is 6.93. The summed E-state index contributed by atoms with van der Waals surface area (Å²) in [6.45, 7) is 6.27. The first-order valence-electron chi connectivity index (χ1n) is 6.14. The highest BCUT2D eigenvalue weighted by atomic mass is 79.9. The van der Waals surface area contributed by atoms with Gasteiger partial charge in [-0.1, -0.05) is 36.2 Å². The van der Waals surface area contributed by atoms with Crippen LogP contribution in [0.25, 0.3) is 0 Å². The van der Waals surface area contributed by atoms with Crippen molar-refractivity contribution < 1.29 is 9.53 Å². The molecule has 100 valence electrons. The van der Waals surface area contributed by atoms with Crippen molar-refractivity contribution in [2.24, 2.45) is 5.92 Å². The minimum Gasteiger partial charge on any atom is -0.496 e. The quantitative estimate of drug-likeness (QED) is 0.901. The van der Waals surface area contributed by atoms with Gasteiger partial charge in [-0.05, 0) is 31.0 Å². The van der Waals surface area contributed by atoms with Gasteiger partial charge in [0.2, 0.25) is 0 Å².